The van der Waals surface area contributed by atoms with Crippen molar-refractivity contribution in [2.24, 2.45) is 0 Å². The van der Waals surface area contributed by atoms with Gasteiger partial charge < -0.3 is 10.4 Å². The Hall–Kier alpha value is -2.29. The Kier molecular flexibility index (Phi) is 3.91. The molecule has 2 aromatic rings. The van der Waals surface area contributed by atoms with E-state index in [1.54, 1.807) is 6.07 Å². The van der Waals surface area contributed by atoms with Gasteiger partial charge in [0.2, 0.25) is 0 Å². The molecule has 1 amide bonds. The van der Waals surface area contributed by atoms with Gasteiger partial charge in [-0.05, 0) is 37.1 Å². The number of nitrogens with one attached hydrogen (secondary N) is 1. The SMILES string of the molecule is O=C(NCCC1=CCCC1)c1ccc2ccccc2c1O. The summed E-state index contributed by atoms with van der Waals surface area (Å²) in [5.74, 6) is -0.150. The molecule has 2 aromatic carbocycles. The van der Waals surface area contributed by atoms with E-state index in [1.807, 2.05) is 30.3 Å². The van der Waals surface area contributed by atoms with Crippen molar-refractivity contribution < 1.29 is 9.90 Å². The third-order valence-corrected chi connectivity index (χ3v) is 4.01. The van der Waals surface area contributed by atoms with Gasteiger partial charge >= 0.3 is 0 Å². The van der Waals surface area contributed by atoms with E-state index in [4.69, 9.17) is 0 Å². The quantitative estimate of drug-likeness (QED) is 0.838. The standard InChI is InChI=1S/C18H19NO2/c20-17-15-8-4-3-7-14(15)9-10-16(17)18(21)19-12-11-13-5-1-2-6-13/h3-5,7-10,20H,1-2,6,11-12H2,(H,19,21). The molecule has 0 saturated heterocycles. The van der Waals surface area contributed by atoms with Gasteiger partial charge in [-0.25, -0.2) is 0 Å². The van der Waals surface area contributed by atoms with E-state index in [0.717, 1.165) is 24.6 Å². The first kappa shape index (κ1) is 13.7. The monoisotopic (exact) mass is 281 g/mol. The van der Waals surface area contributed by atoms with Crippen molar-refractivity contribution in [3.8, 4) is 5.75 Å². The normalized spacial score (nSPS) is 14.2. The minimum atomic E-state index is -0.211. The largest absolute Gasteiger partial charge is 0.506 e. The summed E-state index contributed by atoms with van der Waals surface area (Å²) < 4.78 is 0. The molecule has 0 radical (unpaired) electrons. The number of rotatable bonds is 4. The molecular weight excluding hydrogens is 262 g/mol. The topological polar surface area (TPSA) is 49.3 Å². The highest BCUT2D eigenvalue weighted by Gasteiger charge is 2.13. The Morgan fingerprint density at radius 1 is 1.19 bits per heavy atom. The predicted molar refractivity (Wildman–Crippen MR) is 84.5 cm³/mol. The second kappa shape index (κ2) is 6.00. The first-order valence-electron chi connectivity index (χ1n) is 7.42. The average Bonchev–Trinajstić information content (AvgIpc) is 3.01. The smallest absolute Gasteiger partial charge is 0.255 e. The highest BCUT2D eigenvalue weighted by Crippen LogP contribution is 2.28. The Balaban J connectivity index is 1.70. The number of aromatic hydroxyl groups is 1. The fraction of sp³-hybridized carbons (Fsp3) is 0.278. The van der Waals surface area contributed by atoms with Crippen LogP contribution in [0.15, 0.2) is 48.0 Å². The van der Waals surface area contributed by atoms with E-state index < -0.39 is 0 Å². The first-order chi connectivity index (χ1) is 10.3. The summed E-state index contributed by atoms with van der Waals surface area (Å²) in [4.78, 5) is 12.2. The van der Waals surface area contributed by atoms with Crippen LogP contribution in [0.25, 0.3) is 10.8 Å². The van der Waals surface area contributed by atoms with E-state index in [0.29, 0.717) is 17.5 Å². The lowest BCUT2D eigenvalue weighted by Crippen LogP contribution is -2.24. The maximum absolute atomic E-state index is 12.2. The van der Waals surface area contributed by atoms with Crippen molar-refractivity contribution in [1.82, 2.24) is 5.32 Å². The molecule has 0 unspecified atom stereocenters. The van der Waals surface area contributed by atoms with E-state index in [1.165, 1.54) is 12.0 Å². The van der Waals surface area contributed by atoms with Gasteiger partial charge in [0, 0.05) is 11.9 Å². The van der Waals surface area contributed by atoms with E-state index in [2.05, 4.69) is 11.4 Å². The molecular formula is C18H19NO2. The van der Waals surface area contributed by atoms with Gasteiger partial charge in [-0.2, -0.15) is 0 Å². The lowest BCUT2D eigenvalue weighted by Gasteiger charge is -2.09. The van der Waals surface area contributed by atoms with Gasteiger partial charge in [-0.15, -0.1) is 0 Å². The Bertz CT molecular complexity index is 703. The van der Waals surface area contributed by atoms with Crippen LogP contribution in [0.2, 0.25) is 0 Å². The Morgan fingerprint density at radius 3 is 2.86 bits per heavy atom. The van der Waals surface area contributed by atoms with Crippen molar-refractivity contribution in [3.63, 3.8) is 0 Å². The maximum atomic E-state index is 12.2. The maximum Gasteiger partial charge on any atom is 0.255 e. The lowest BCUT2D eigenvalue weighted by atomic mass is 10.0. The molecule has 21 heavy (non-hydrogen) atoms. The number of allylic oxidation sites excluding steroid dienone is 1. The molecule has 1 aliphatic carbocycles. The van der Waals surface area contributed by atoms with Crippen molar-refractivity contribution in [2.45, 2.75) is 25.7 Å². The average molecular weight is 281 g/mol. The molecule has 3 nitrogen and oxygen atoms in total. The number of hydrogen-bond donors (Lipinski definition) is 2. The van der Waals surface area contributed by atoms with Crippen LogP contribution in [0.4, 0.5) is 0 Å². The summed E-state index contributed by atoms with van der Waals surface area (Å²) in [6.07, 6.45) is 6.71. The highest BCUT2D eigenvalue weighted by molar-refractivity contribution is 6.03. The molecule has 0 bridgehead atoms. The van der Waals surface area contributed by atoms with E-state index in [9.17, 15) is 9.90 Å². The van der Waals surface area contributed by atoms with Crippen LogP contribution in [0.3, 0.4) is 0 Å². The number of phenolic OH excluding ortho intramolecular Hbond substituents is 1. The fourth-order valence-electron chi connectivity index (χ4n) is 2.83. The number of amides is 1. The van der Waals surface area contributed by atoms with Crippen LogP contribution < -0.4 is 5.32 Å². The molecule has 0 fully saturated rings. The molecule has 1 aliphatic rings. The zero-order valence-electron chi connectivity index (χ0n) is 11.9. The molecule has 0 aliphatic heterocycles. The molecule has 0 aromatic heterocycles. The summed E-state index contributed by atoms with van der Waals surface area (Å²) in [6.45, 7) is 0.622. The lowest BCUT2D eigenvalue weighted by molar-refractivity contribution is 0.0951. The molecule has 2 N–H and O–H groups in total. The minimum Gasteiger partial charge on any atom is -0.506 e. The fourth-order valence-corrected chi connectivity index (χ4v) is 2.83. The summed E-state index contributed by atoms with van der Waals surface area (Å²) >= 11 is 0. The Labute approximate surface area is 124 Å². The molecule has 0 heterocycles. The molecule has 3 rings (SSSR count). The van der Waals surface area contributed by atoms with Gasteiger partial charge in [0.25, 0.3) is 5.91 Å². The number of fused-ring (bicyclic) bond motifs is 1. The third kappa shape index (κ3) is 2.92. The summed E-state index contributed by atoms with van der Waals surface area (Å²) in [5, 5.41) is 14.8. The van der Waals surface area contributed by atoms with Crippen LogP contribution in [0.5, 0.6) is 5.75 Å². The first-order valence-corrected chi connectivity index (χ1v) is 7.42. The van der Waals surface area contributed by atoms with Gasteiger partial charge in [-0.1, -0.05) is 42.0 Å². The zero-order valence-corrected chi connectivity index (χ0v) is 11.9. The second-order valence-electron chi connectivity index (χ2n) is 5.44. The predicted octanol–water partition coefficient (Wildman–Crippen LogP) is 3.78. The van der Waals surface area contributed by atoms with E-state index >= 15 is 0 Å². The summed E-state index contributed by atoms with van der Waals surface area (Å²) in [5.41, 5.74) is 1.77. The Morgan fingerprint density at radius 2 is 2.05 bits per heavy atom. The van der Waals surface area contributed by atoms with Crippen LogP contribution in [-0.4, -0.2) is 17.6 Å². The molecule has 108 valence electrons. The van der Waals surface area contributed by atoms with Crippen molar-refractivity contribution in [2.75, 3.05) is 6.54 Å². The van der Waals surface area contributed by atoms with Gasteiger partial charge in [0.15, 0.2) is 0 Å². The van der Waals surface area contributed by atoms with E-state index in [-0.39, 0.29) is 11.7 Å². The molecule has 3 heteroatoms. The zero-order chi connectivity index (χ0) is 14.7. The van der Waals surface area contributed by atoms with Crippen LogP contribution in [-0.2, 0) is 0 Å². The van der Waals surface area contributed by atoms with Crippen molar-refractivity contribution in [3.05, 3.63) is 53.6 Å². The number of phenols is 1. The van der Waals surface area contributed by atoms with Crippen molar-refractivity contribution in [1.29, 1.82) is 0 Å². The molecule has 0 spiro atoms. The van der Waals surface area contributed by atoms with Crippen LogP contribution in [0, 0.1) is 0 Å². The minimum absolute atomic E-state index is 0.0608. The summed E-state index contributed by atoms with van der Waals surface area (Å²) in [6, 6.07) is 11.1. The molecule has 0 saturated carbocycles. The van der Waals surface area contributed by atoms with Gasteiger partial charge in [0.1, 0.15) is 5.75 Å². The summed E-state index contributed by atoms with van der Waals surface area (Å²) in [7, 11) is 0. The van der Waals surface area contributed by atoms with Crippen LogP contribution in [0.1, 0.15) is 36.0 Å². The number of carbonyl (C=O) groups is 1. The number of benzene rings is 2. The highest BCUT2D eigenvalue weighted by atomic mass is 16.3. The second-order valence-corrected chi connectivity index (χ2v) is 5.44. The molecule has 0 atom stereocenters. The third-order valence-electron chi connectivity index (χ3n) is 4.01. The number of carbonyl (C=O) groups excluding carboxylic acids is 1. The van der Waals surface area contributed by atoms with Crippen molar-refractivity contribution >= 4 is 16.7 Å². The van der Waals surface area contributed by atoms with Gasteiger partial charge in [-0.3, -0.25) is 4.79 Å². The van der Waals surface area contributed by atoms with Gasteiger partial charge in [0.05, 0.1) is 5.56 Å². The number of hydrogen-bond acceptors (Lipinski definition) is 2. The van der Waals surface area contributed by atoms with Crippen LogP contribution >= 0.6 is 0 Å².